The highest BCUT2D eigenvalue weighted by atomic mass is 32.2. The van der Waals surface area contributed by atoms with Crippen LogP contribution in [0.5, 0.6) is 0 Å². The van der Waals surface area contributed by atoms with Gasteiger partial charge in [-0.1, -0.05) is 47.5 Å². The van der Waals surface area contributed by atoms with Crippen molar-refractivity contribution in [3.8, 4) is 0 Å². The second-order valence-electron chi connectivity index (χ2n) is 5.22. The van der Waals surface area contributed by atoms with Gasteiger partial charge in [0.2, 0.25) is 0 Å². The average Bonchev–Trinajstić information content (AvgIpc) is 2.51. The molecule has 0 fully saturated rings. The molecule has 0 saturated heterocycles. The molecule has 1 atom stereocenters. The van der Waals surface area contributed by atoms with Crippen LogP contribution in [0.1, 0.15) is 23.6 Å². The molecule has 0 aliphatic heterocycles. The van der Waals surface area contributed by atoms with Gasteiger partial charge in [0.1, 0.15) is 0 Å². The lowest BCUT2D eigenvalue weighted by molar-refractivity contribution is -0.120. The summed E-state index contributed by atoms with van der Waals surface area (Å²) in [5.41, 5.74) is 5.96. The van der Waals surface area contributed by atoms with Crippen molar-refractivity contribution in [2.45, 2.75) is 30.9 Å². The first kappa shape index (κ1) is 16.3. The van der Waals surface area contributed by atoms with Crippen molar-refractivity contribution in [2.75, 3.05) is 0 Å². The van der Waals surface area contributed by atoms with Crippen LogP contribution in [0, 0.1) is 13.8 Å². The van der Waals surface area contributed by atoms with E-state index in [-0.39, 0.29) is 11.2 Å². The number of nitrogens with zero attached hydrogens (tertiary/aromatic N) is 1. The fourth-order valence-corrected chi connectivity index (χ4v) is 2.65. The van der Waals surface area contributed by atoms with E-state index in [9.17, 15) is 4.79 Å². The molecule has 2 rings (SSSR count). The van der Waals surface area contributed by atoms with E-state index in [1.807, 2.05) is 69.3 Å². The van der Waals surface area contributed by atoms with Crippen LogP contribution in [0.25, 0.3) is 0 Å². The Morgan fingerprint density at radius 3 is 2.18 bits per heavy atom. The SMILES string of the molecule is Cc1ccc(/C=N\NC(=O)[C@@H](C)Sc2ccc(C)cc2)cc1. The van der Waals surface area contributed by atoms with Crippen LogP contribution in [-0.4, -0.2) is 17.4 Å². The van der Waals surface area contributed by atoms with Crippen LogP contribution >= 0.6 is 11.8 Å². The van der Waals surface area contributed by atoms with Crippen LogP contribution < -0.4 is 5.43 Å². The van der Waals surface area contributed by atoms with Gasteiger partial charge in [-0.3, -0.25) is 4.79 Å². The minimum absolute atomic E-state index is 0.103. The van der Waals surface area contributed by atoms with Gasteiger partial charge in [-0.05, 0) is 38.5 Å². The second kappa shape index (κ2) is 7.80. The van der Waals surface area contributed by atoms with Crippen molar-refractivity contribution >= 4 is 23.9 Å². The van der Waals surface area contributed by atoms with E-state index in [2.05, 4.69) is 10.5 Å². The summed E-state index contributed by atoms with van der Waals surface area (Å²) in [7, 11) is 0. The first-order valence-corrected chi connectivity index (χ1v) is 8.05. The van der Waals surface area contributed by atoms with Crippen molar-refractivity contribution < 1.29 is 4.79 Å². The van der Waals surface area contributed by atoms with E-state index >= 15 is 0 Å². The molecular weight excluding hydrogens is 292 g/mol. The molecule has 1 N–H and O–H groups in total. The number of carbonyl (C=O) groups excluding carboxylic acids is 1. The van der Waals surface area contributed by atoms with Crippen molar-refractivity contribution in [2.24, 2.45) is 5.10 Å². The predicted octanol–water partition coefficient (Wildman–Crippen LogP) is 3.93. The molecule has 2 aromatic rings. The third-order valence-electron chi connectivity index (χ3n) is 3.17. The van der Waals surface area contributed by atoms with Crippen molar-refractivity contribution in [1.82, 2.24) is 5.43 Å². The van der Waals surface area contributed by atoms with E-state index in [0.717, 1.165) is 10.5 Å². The summed E-state index contributed by atoms with van der Waals surface area (Å²) in [4.78, 5) is 13.1. The Morgan fingerprint density at radius 1 is 1.05 bits per heavy atom. The number of hydrazone groups is 1. The molecule has 0 unspecified atom stereocenters. The topological polar surface area (TPSA) is 41.5 Å². The summed E-state index contributed by atoms with van der Waals surface area (Å²) in [5.74, 6) is -0.103. The molecule has 0 heterocycles. The van der Waals surface area contributed by atoms with Gasteiger partial charge in [0.15, 0.2) is 0 Å². The Kier molecular flexibility index (Phi) is 5.78. The fraction of sp³-hybridized carbons (Fsp3) is 0.222. The molecule has 3 nitrogen and oxygen atoms in total. The van der Waals surface area contributed by atoms with Crippen LogP contribution in [-0.2, 0) is 4.79 Å². The predicted molar refractivity (Wildman–Crippen MR) is 93.4 cm³/mol. The molecule has 0 saturated carbocycles. The summed E-state index contributed by atoms with van der Waals surface area (Å²) in [6.07, 6.45) is 1.65. The van der Waals surface area contributed by atoms with Gasteiger partial charge in [-0.2, -0.15) is 5.10 Å². The average molecular weight is 312 g/mol. The molecule has 4 heteroatoms. The summed E-state index contributed by atoms with van der Waals surface area (Å²) in [5, 5.41) is 3.81. The molecule has 0 bridgehead atoms. The smallest absolute Gasteiger partial charge is 0.253 e. The number of carbonyl (C=O) groups is 1. The van der Waals surface area contributed by atoms with Crippen molar-refractivity contribution in [1.29, 1.82) is 0 Å². The summed E-state index contributed by atoms with van der Waals surface area (Å²) in [6, 6.07) is 16.1. The zero-order chi connectivity index (χ0) is 15.9. The van der Waals surface area contributed by atoms with E-state index in [1.54, 1.807) is 6.21 Å². The molecular formula is C18H20N2OS. The van der Waals surface area contributed by atoms with Crippen LogP contribution in [0.15, 0.2) is 58.5 Å². The van der Waals surface area contributed by atoms with E-state index in [1.165, 1.54) is 22.9 Å². The Hall–Kier alpha value is -2.07. The molecule has 1 amide bonds. The molecule has 2 aromatic carbocycles. The van der Waals surface area contributed by atoms with Gasteiger partial charge in [0.25, 0.3) is 5.91 Å². The monoisotopic (exact) mass is 312 g/mol. The molecule has 0 spiro atoms. The zero-order valence-electron chi connectivity index (χ0n) is 13.0. The summed E-state index contributed by atoms with van der Waals surface area (Å²) in [6.45, 7) is 5.96. The van der Waals surface area contributed by atoms with E-state index in [4.69, 9.17) is 0 Å². The molecule has 0 aliphatic rings. The van der Waals surface area contributed by atoms with Gasteiger partial charge in [0.05, 0.1) is 11.5 Å². The fourth-order valence-electron chi connectivity index (χ4n) is 1.79. The zero-order valence-corrected chi connectivity index (χ0v) is 13.9. The molecule has 0 radical (unpaired) electrons. The summed E-state index contributed by atoms with van der Waals surface area (Å²) >= 11 is 1.52. The largest absolute Gasteiger partial charge is 0.272 e. The lowest BCUT2D eigenvalue weighted by Crippen LogP contribution is -2.26. The minimum atomic E-state index is -0.196. The number of rotatable bonds is 5. The minimum Gasteiger partial charge on any atom is -0.272 e. The lowest BCUT2D eigenvalue weighted by Gasteiger charge is -2.09. The molecule has 0 aliphatic carbocycles. The highest BCUT2D eigenvalue weighted by Crippen LogP contribution is 2.23. The Bertz CT molecular complexity index is 648. The first-order chi connectivity index (χ1) is 10.5. The van der Waals surface area contributed by atoms with Crippen LogP contribution in [0.2, 0.25) is 0 Å². The Morgan fingerprint density at radius 2 is 1.59 bits per heavy atom. The number of hydrogen-bond acceptors (Lipinski definition) is 3. The maximum atomic E-state index is 12.0. The number of hydrogen-bond donors (Lipinski definition) is 1. The molecule has 0 aromatic heterocycles. The van der Waals surface area contributed by atoms with Gasteiger partial charge in [-0.25, -0.2) is 5.43 Å². The van der Waals surface area contributed by atoms with E-state index < -0.39 is 0 Å². The normalized spacial score (nSPS) is 12.3. The maximum Gasteiger partial charge on any atom is 0.253 e. The van der Waals surface area contributed by atoms with Crippen molar-refractivity contribution in [3.05, 3.63) is 65.2 Å². The lowest BCUT2D eigenvalue weighted by atomic mass is 10.2. The number of thioether (sulfide) groups is 1. The Balaban J connectivity index is 1.85. The highest BCUT2D eigenvalue weighted by Gasteiger charge is 2.13. The highest BCUT2D eigenvalue weighted by molar-refractivity contribution is 8.00. The third-order valence-corrected chi connectivity index (χ3v) is 4.28. The third kappa shape index (κ3) is 5.04. The maximum absolute atomic E-state index is 12.0. The van der Waals surface area contributed by atoms with Crippen LogP contribution in [0.4, 0.5) is 0 Å². The number of aryl methyl sites for hydroxylation is 2. The van der Waals surface area contributed by atoms with Gasteiger partial charge in [0, 0.05) is 4.90 Å². The number of benzene rings is 2. The second-order valence-corrected chi connectivity index (χ2v) is 6.63. The first-order valence-electron chi connectivity index (χ1n) is 7.17. The van der Waals surface area contributed by atoms with E-state index in [0.29, 0.717) is 0 Å². The van der Waals surface area contributed by atoms with Gasteiger partial charge < -0.3 is 0 Å². The van der Waals surface area contributed by atoms with Gasteiger partial charge in [-0.15, -0.1) is 11.8 Å². The Labute approximate surface area is 135 Å². The molecule has 22 heavy (non-hydrogen) atoms. The van der Waals surface area contributed by atoms with Gasteiger partial charge >= 0.3 is 0 Å². The number of amides is 1. The standard InChI is InChI=1S/C18H20N2OS/c1-13-4-8-16(9-5-13)12-19-20-18(21)15(3)22-17-10-6-14(2)7-11-17/h4-12,15H,1-3H3,(H,20,21)/b19-12-/t15-/m1/s1. The summed E-state index contributed by atoms with van der Waals surface area (Å²) < 4.78 is 0. The quantitative estimate of drug-likeness (QED) is 0.516. The molecule has 114 valence electrons. The van der Waals surface area contributed by atoms with Crippen LogP contribution in [0.3, 0.4) is 0 Å². The number of nitrogens with one attached hydrogen (secondary N) is 1. The van der Waals surface area contributed by atoms with Crippen molar-refractivity contribution in [3.63, 3.8) is 0 Å².